The minimum absolute atomic E-state index is 0.183. The summed E-state index contributed by atoms with van der Waals surface area (Å²) in [6.07, 6.45) is 13.8. The molecule has 30 heavy (non-hydrogen) atoms. The second kappa shape index (κ2) is 12.7. The largest absolute Gasteiger partial charge is 0.480 e. The van der Waals surface area contributed by atoms with Crippen LogP contribution in [0.2, 0.25) is 0 Å². The quantitative estimate of drug-likeness (QED) is 0.421. The maximum absolute atomic E-state index is 11.1. The van der Waals surface area contributed by atoms with Crippen LogP contribution in [0.15, 0.2) is 36.7 Å². The lowest BCUT2D eigenvalue weighted by atomic mass is 9.89. The lowest BCUT2D eigenvalue weighted by Crippen LogP contribution is -2.20. The Bertz CT molecular complexity index is 810. The minimum atomic E-state index is -1.04. The Labute approximate surface area is 180 Å². The fraction of sp³-hybridized carbons (Fsp3) is 0.520. The van der Waals surface area contributed by atoms with Crippen LogP contribution in [0.5, 0.6) is 0 Å². The molecule has 0 aliphatic heterocycles. The number of hydrogen-bond donors (Lipinski definition) is 1. The monoisotopic (exact) mass is 407 g/mol. The molecule has 2 rings (SSSR count). The predicted octanol–water partition coefficient (Wildman–Crippen LogP) is 5.84. The Morgan fingerprint density at radius 1 is 1.03 bits per heavy atom. The first-order valence-corrected chi connectivity index (χ1v) is 11.1. The Morgan fingerprint density at radius 2 is 1.73 bits per heavy atom. The van der Waals surface area contributed by atoms with Crippen LogP contribution in [0.3, 0.4) is 0 Å². The van der Waals surface area contributed by atoms with Gasteiger partial charge in [-0.15, -0.1) is 0 Å². The SMILES string of the molecule is CCCCCCCCc1cnc(-c2ccc(CCC(C)C(C#N)C(=O)O)cc2)cn1. The predicted molar refractivity (Wildman–Crippen MR) is 119 cm³/mol. The van der Waals surface area contributed by atoms with E-state index < -0.39 is 11.9 Å². The van der Waals surface area contributed by atoms with Crippen molar-refractivity contribution in [2.75, 3.05) is 0 Å². The third kappa shape index (κ3) is 7.59. The van der Waals surface area contributed by atoms with Crippen molar-refractivity contribution in [1.82, 2.24) is 9.97 Å². The highest BCUT2D eigenvalue weighted by atomic mass is 16.4. The second-order valence-corrected chi connectivity index (χ2v) is 8.07. The van der Waals surface area contributed by atoms with Crippen LogP contribution in [0.25, 0.3) is 11.3 Å². The topological polar surface area (TPSA) is 86.9 Å². The normalized spacial score (nSPS) is 12.8. The van der Waals surface area contributed by atoms with Crippen molar-refractivity contribution in [1.29, 1.82) is 5.26 Å². The zero-order chi connectivity index (χ0) is 21.8. The molecule has 1 aromatic heterocycles. The molecule has 0 amide bonds. The van der Waals surface area contributed by atoms with Crippen molar-refractivity contribution < 1.29 is 9.90 Å². The van der Waals surface area contributed by atoms with Gasteiger partial charge in [-0.2, -0.15) is 5.26 Å². The number of aliphatic carboxylic acids is 1. The van der Waals surface area contributed by atoms with Gasteiger partial charge in [0.1, 0.15) is 5.92 Å². The number of carbonyl (C=O) groups is 1. The number of nitriles is 1. The van der Waals surface area contributed by atoms with Crippen LogP contribution < -0.4 is 0 Å². The lowest BCUT2D eigenvalue weighted by Gasteiger charge is -2.13. The van der Waals surface area contributed by atoms with Crippen LogP contribution in [0.1, 0.15) is 70.1 Å². The number of benzene rings is 1. The molecule has 1 N–H and O–H groups in total. The number of carboxylic acids is 1. The van der Waals surface area contributed by atoms with Gasteiger partial charge in [-0.1, -0.05) is 70.2 Å². The molecule has 1 aromatic carbocycles. The molecular formula is C25H33N3O2. The first-order valence-electron chi connectivity index (χ1n) is 11.1. The molecule has 0 aliphatic carbocycles. The highest BCUT2D eigenvalue weighted by molar-refractivity contribution is 5.73. The van der Waals surface area contributed by atoms with Crippen molar-refractivity contribution in [3.8, 4) is 17.3 Å². The third-order valence-corrected chi connectivity index (χ3v) is 5.60. The van der Waals surface area contributed by atoms with E-state index in [1.807, 2.05) is 49.7 Å². The summed E-state index contributed by atoms with van der Waals surface area (Å²) in [5.41, 5.74) is 4.05. The average molecular weight is 408 g/mol. The van der Waals surface area contributed by atoms with Crippen LogP contribution in [0.4, 0.5) is 0 Å². The van der Waals surface area contributed by atoms with Gasteiger partial charge in [0.05, 0.1) is 23.7 Å². The van der Waals surface area contributed by atoms with E-state index >= 15 is 0 Å². The van der Waals surface area contributed by atoms with Crippen molar-refractivity contribution in [2.24, 2.45) is 11.8 Å². The van der Waals surface area contributed by atoms with E-state index in [1.54, 1.807) is 0 Å². The summed E-state index contributed by atoms with van der Waals surface area (Å²) in [4.78, 5) is 20.2. The summed E-state index contributed by atoms with van der Waals surface area (Å²) in [5.74, 6) is -2.18. The van der Waals surface area contributed by atoms with Gasteiger partial charge in [0.25, 0.3) is 0 Å². The maximum Gasteiger partial charge on any atom is 0.321 e. The summed E-state index contributed by atoms with van der Waals surface area (Å²) in [7, 11) is 0. The molecule has 1 heterocycles. The maximum atomic E-state index is 11.1. The molecule has 0 bridgehead atoms. The zero-order valence-corrected chi connectivity index (χ0v) is 18.2. The highest BCUT2D eigenvalue weighted by Crippen LogP contribution is 2.21. The van der Waals surface area contributed by atoms with E-state index in [-0.39, 0.29) is 5.92 Å². The molecule has 0 radical (unpaired) electrons. The first kappa shape index (κ1) is 23.5. The molecule has 2 aromatic rings. The zero-order valence-electron chi connectivity index (χ0n) is 18.2. The van der Waals surface area contributed by atoms with Crippen LogP contribution in [0, 0.1) is 23.2 Å². The third-order valence-electron chi connectivity index (χ3n) is 5.60. The van der Waals surface area contributed by atoms with Gasteiger partial charge in [0.2, 0.25) is 0 Å². The molecule has 0 spiro atoms. The molecular weight excluding hydrogens is 374 g/mol. The number of hydrogen-bond acceptors (Lipinski definition) is 4. The molecule has 5 heteroatoms. The Hall–Kier alpha value is -2.74. The van der Waals surface area contributed by atoms with Crippen LogP contribution >= 0.6 is 0 Å². The standard InChI is InChI=1S/C25H33N3O2/c1-3-4-5-6-7-8-9-22-17-28-24(18-27-22)21-14-12-20(13-15-21)11-10-19(2)23(16-26)25(29)30/h12-15,17-19,23H,3-11H2,1-2H3,(H,29,30). The molecule has 2 unspecified atom stereocenters. The smallest absolute Gasteiger partial charge is 0.321 e. The van der Waals surface area contributed by atoms with E-state index in [0.29, 0.717) is 6.42 Å². The second-order valence-electron chi connectivity index (χ2n) is 8.07. The van der Waals surface area contributed by atoms with E-state index in [0.717, 1.165) is 35.4 Å². The lowest BCUT2D eigenvalue weighted by molar-refractivity contribution is -0.141. The molecule has 0 saturated heterocycles. The Morgan fingerprint density at radius 3 is 2.33 bits per heavy atom. The number of rotatable bonds is 13. The van der Waals surface area contributed by atoms with Crippen LogP contribution in [-0.2, 0) is 17.6 Å². The molecule has 160 valence electrons. The van der Waals surface area contributed by atoms with Gasteiger partial charge in [0, 0.05) is 11.8 Å². The number of aryl methyl sites for hydroxylation is 2. The van der Waals surface area contributed by atoms with Gasteiger partial charge >= 0.3 is 5.97 Å². The number of nitrogens with zero attached hydrogens (tertiary/aromatic N) is 3. The fourth-order valence-corrected chi connectivity index (χ4v) is 3.55. The highest BCUT2D eigenvalue weighted by Gasteiger charge is 2.23. The van der Waals surface area contributed by atoms with Crippen molar-refractivity contribution in [2.45, 2.75) is 71.6 Å². The summed E-state index contributed by atoms with van der Waals surface area (Å²) >= 11 is 0. The van der Waals surface area contributed by atoms with Crippen molar-refractivity contribution in [3.63, 3.8) is 0 Å². The van der Waals surface area contributed by atoms with E-state index in [1.165, 1.54) is 38.5 Å². The first-order chi connectivity index (χ1) is 14.5. The van der Waals surface area contributed by atoms with Crippen molar-refractivity contribution in [3.05, 3.63) is 47.9 Å². The van der Waals surface area contributed by atoms with Gasteiger partial charge in [-0.25, -0.2) is 0 Å². The van der Waals surface area contributed by atoms with E-state index in [2.05, 4.69) is 16.9 Å². The molecule has 2 atom stereocenters. The molecule has 5 nitrogen and oxygen atoms in total. The number of aromatic nitrogens is 2. The fourth-order valence-electron chi connectivity index (χ4n) is 3.55. The molecule has 0 saturated carbocycles. The Balaban J connectivity index is 1.83. The molecule has 0 aliphatic rings. The van der Waals surface area contributed by atoms with Gasteiger partial charge in [-0.05, 0) is 37.2 Å². The van der Waals surface area contributed by atoms with Gasteiger partial charge in [-0.3, -0.25) is 14.8 Å². The summed E-state index contributed by atoms with van der Waals surface area (Å²) < 4.78 is 0. The summed E-state index contributed by atoms with van der Waals surface area (Å²) in [6, 6.07) is 10.0. The summed E-state index contributed by atoms with van der Waals surface area (Å²) in [6.45, 7) is 4.05. The number of unbranched alkanes of at least 4 members (excludes halogenated alkanes) is 5. The summed E-state index contributed by atoms with van der Waals surface area (Å²) in [5, 5.41) is 18.1. The minimum Gasteiger partial charge on any atom is -0.480 e. The van der Waals surface area contributed by atoms with Gasteiger partial charge in [0.15, 0.2) is 0 Å². The molecule has 0 fully saturated rings. The Kier molecular flexibility index (Phi) is 10.00. The van der Waals surface area contributed by atoms with Crippen molar-refractivity contribution >= 4 is 5.97 Å². The number of carboxylic acid groups (broad SMARTS) is 1. The van der Waals surface area contributed by atoms with E-state index in [9.17, 15) is 4.79 Å². The van der Waals surface area contributed by atoms with Gasteiger partial charge < -0.3 is 5.11 Å². The average Bonchev–Trinajstić information content (AvgIpc) is 2.76. The van der Waals surface area contributed by atoms with Crippen LogP contribution in [-0.4, -0.2) is 21.0 Å². The van der Waals surface area contributed by atoms with E-state index in [4.69, 9.17) is 10.4 Å².